The van der Waals surface area contributed by atoms with E-state index in [1.54, 1.807) is 6.07 Å². The Balaban J connectivity index is 2.53. The molecule has 0 aliphatic heterocycles. The van der Waals surface area contributed by atoms with E-state index < -0.39 is 0 Å². The number of halogens is 1. The summed E-state index contributed by atoms with van der Waals surface area (Å²) in [7, 11) is 0. The molecule has 1 rings (SSSR count). The van der Waals surface area contributed by atoms with Gasteiger partial charge in [-0.2, -0.15) is 0 Å². The first-order valence-corrected chi connectivity index (χ1v) is 5.21. The Morgan fingerprint density at radius 3 is 2.92 bits per heavy atom. The van der Waals surface area contributed by atoms with Gasteiger partial charge in [0.05, 0.1) is 8.66 Å². The molecule has 1 heterocycles. The van der Waals surface area contributed by atoms with Gasteiger partial charge in [0.25, 0.3) is 0 Å². The summed E-state index contributed by atoms with van der Waals surface area (Å²) in [6, 6.07) is 3.67. The Kier molecular flexibility index (Phi) is 3.91. The van der Waals surface area contributed by atoms with Crippen molar-refractivity contribution < 1.29 is 9.53 Å². The summed E-state index contributed by atoms with van der Waals surface area (Å²) in [5.74, 6) is 0.0487. The zero-order chi connectivity index (χ0) is 8.97. The van der Waals surface area contributed by atoms with E-state index >= 15 is 0 Å². The van der Waals surface area contributed by atoms with Crippen LogP contribution in [0.1, 0.15) is 16.6 Å². The fourth-order valence-corrected chi connectivity index (χ4v) is 2.04. The summed E-state index contributed by atoms with van der Waals surface area (Å²) in [5.41, 5.74) is 0. The molecule has 0 N–H and O–H groups in total. The van der Waals surface area contributed by atoms with E-state index in [2.05, 4.69) is 15.9 Å². The van der Waals surface area contributed by atoms with Gasteiger partial charge in [-0.15, -0.1) is 11.3 Å². The van der Waals surface area contributed by atoms with Crippen molar-refractivity contribution in [3.63, 3.8) is 0 Å². The first-order chi connectivity index (χ1) is 5.74. The summed E-state index contributed by atoms with van der Waals surface area (Å²) in [5, 5.41) is 0. The van der Waals surface area contributed by atoms with Crippen molar-refractivity contribution >= 4 is 33.0 Å². The Morgan fingerprint density at radius 1 is 1.67 bits per heavy atom. The second kappa shape index (κ2) is 4.74. The van der Waals surface area contributed by atoms with Gasteiger partial charge >= 0.3 is 0 Å². The van der Waals surface area contributed by atoms with Crippen molar-refractivity contribution in [2.75, 3.05) is 13.2 Å². The normalized spacial score (nSPS) is 10.2. The molecule has 0 aliphatic carbocycles. The first kappa shape index (κ1) is 9.89. The Bertz CT molecular complexity index is 270. The Morgan fingerprint density at radius 2 is 2.42 bits per heavy atom. The maximum absolute atomic E-state index is 11.3. The molecule has 1 aromatic rings. The van der Waals surface area contributed by atoms with Crippen LogP contribution in [0.25, 0.3) is 0 Å². The number of Topliss-reactive ketones (excluding diaryl/α,β-unsaturated/α-hetero) is 1. The van der Waals surface area contributed by atoms with E-state index in [9.17, 15) is 4.79 Å². The van der Waals surface area contributed by atoms with Gasteiger partial charge in [0.2, 0.25) is 0 Å². The van der Waals surface area contributed by atoms with Crippen LogP contribution >= 0.6 is 27.3 Å². The SMILES string of the molecule is CCOCC(=O)c1ccc(Br)s1. The summed E-state index contributed by atoms with van der Waals surface area (Å²) in [6.45, 7) is 2.64. The number of ketones is 1. The summed E-state index contributed by atoms with van der Waals surface area (Å²) < 4.78 is 5.98. The molecule has 0 fully saturated rings. The van der Waals surface area contributed by atoms with Gasteiger partial charge in [-0.3, -0.25) is 4.79 Å². The highest BCUT2D eigenvalue weighted by Crippen LogP contribution is 2.22. The molecular formula is C8H9BrO2S. The van der Waals surface area contributed by atoms with E-state index in [-0.39, 0.29) is 12.4 Å². The van der Waals surface area contributed by atoms with E-state index in [0.717, 1.165) is 8.66 Å². The number of rotatable bonds is 4. The van der Waals surface area contributed by atoms with Crippen LogP contribution < -0.4 is 0 Å². The second-order valence-corrected chi connectivity index (χ2v) is 4.63. The number of carbonyl (C=O) groups excluding carboxylic acids is 1. The van der Waals surface area contributed by atoms with Crippen molar-refractivity contribution in [1.82, 2.24) is 0 Å². The molecule has 0 unspecified atom stereocenters. The van der Waals surface area contributed by atoms with E-state index in [1.807, 2.05) is 13.0 Å². The predicted octanol–water partition coefficient (Wildman–Crippen LogP) is 2.73. The number of carbonyl (C=O) groups is 1. The van der Waals surface area contributed by atoms with E-state index in [0.29, 0.717) is 6.61 Å². The van der Waals surface area contributed by atoms with Gasteiger partial charge in [-0.05, 0) is 35.0 Å². The van der Waals surface area contributed by atoms with Gasteiger partial charge < -0.3 is 4.74 Å². The molecule has 4 heteroatoms. The van der Waals surface area contributed by atoms with Crippen LogP contribution in [0.3, 0.4) is 0 Å². The van der Waals surface area contributed by atoms with Gasteiger partial charge in [0.15, 0.2) is 5.78 Å². The third-order valence-corrected chi connectivity index (χ3v) is 2.95. The van der Waals surface area contributed by atoms with Crippen molar-refractivity contribution in [1.29, 1.82) is 0 Å². The molecule has 2 nitrogen and oxygen atoms in total. The van der Waals surface area contributed by atoms with Crippen LogP contribution in [-0.4, -0.2) is 19.0 Å². The average molecular weight is 249 g/mol. The molecule has 1 aromatic heterocycles. The highest BCUT2D eigenvalue weighted by molar-refractivity contribution is 9.11. The first-order valence-electron chi connectivity index (χ1n) is 3.60. The molecule has 0 aromatic carbocycles. The fourth-order valence-electron chi connectivity index (χ4n) is 0.730. The number of hydrogen-bond donors (Lipinski definition) is 0. The lowest BCUT2D eigenvalue weighted by Gasteiger charge is -1.96. The molecule has 0 atom stereocenters. The van der Waals surface area contributed by atoms with E-state index in [4.69, 9.17) is 4.74 Å². The van der Waals surface area contributed by atoms with Crippen LogP contribution in [-0.2, 0) is 4.74 Å². The molecule has 0 saturated carbocycles. The maximum atomic E-state index is 11.3. The van der Waals surface area contributed by atoms with Crippen LogP contribution in [0.15, 0.2) is 15.9 Å². The van der Waals surface area contributed by atoms with Crippen LogP contribution in [0.4, 0.5) is 0 Å². The smallest absolute Gasteiger partial charge is 0.198 e. The second-order valence-electron chi connectivity index (χ2n) is 2.16. The average Bonchev–Trinajstić information content (AvgIpc) is 2.47. The lowest BCUT2D eigenvalue weighted by atomic mass is 10.3. The number of ether oxygens (including phenoxy) is 1. The van der Waals surface area contributed by atoms with Gasteiger partial charge in [-0.1, -0.05) is 0 Å². The molecule has 0 bridgehead atoms. The summed E-state index contributed by atoms with van der Waals surface area (Å²) in [6.07, 6.45) is 0. The van der Waals surface area contributed by atoms with Crippen molar-refractivity contribution in [2.24, 2.45) is 0 Å². The zero-order valence-corrected chi connectivity index (χ0v) is 9.07. The van der Waals surface area contributed by atoms with Gasteiger partial charge in [0, 0.05) is 6.61 Å². The Labute approximate surface area is 83.7 Å². The summed E-state index contributed by atoms with van der Waals surface area (Å²) in [4.78, 5) is 12.0. The molecule has 0 aliphatic rings. The lowest BCUT2D eigenvalue weighted by molar-refractivity contribution is 0.0787. The number of thiophene rings is 1. The zero-order valence-electron chi connectivity index (χ0n) is 6.67. The minimum atomic E-state index is 0.0487. The fraction of sp³-hybridized carbons (Fsp3) is 0.375. The van der Waals surface area contributed by atoms with Crippen LogP contribution in [0.2, 0.25) is 0 Å². The molecular weight excluding hydrogens is 240 g/mol. The minimum Gasteiger partial charge on any atom is -0.374 e. The van der Waals surface area contributed by atoms with E-state index in [1.165, 1.54) is 11.3 Å². The number of hydrogen-bond acceptors (Lipinski definition) is 3. The molecule has 12 heavy (non-hydrogen) atoms. The van der Waals surface area contributed by atoms with Crippen LogP contribution in [0.5, 0.6) is 0 Å². The van der Waals surface area contributed by atoms with Gasteiger partial charge in [0.1, 0.15) is 6.61 Å². The van der Waals surface area contributed by atoms with Crippen molar-refractivity contribution in [3.8, 4) is 0 Å². The lowest BCUT2D eigenvalue weighted by Crippen LogP contribution is -2.06. The predicted molar refractivity (Wildman–Crippen MR) is 52.8 cm³/mol. The quantitative estimate of drug-likeness (QED) is 0.767. The molecule has 0 saturated heterocycles. The highest BCUT2D eigenvalue weighted by atomic mass is 79.9. The van der Waals surface area contributed by atoms with Gasteiger partial charge in [-0.25, -0.2) is 0 Å². The maximum Gasteiger partial charge on any atom is 0.198 e. The third kappa shape index (κ3) is 2.69. The highest BCUT2D eigenvalue weighted by Gasteiger charge is 2.07. The van der Waals surface area contributed by atoms with Crippen molar-refractivity contribution in [2.45, 2.75) is 6.92 Å². The molecule has 0 amide bonds. The topological polar surface area (TPSA) is 26.3 Å². The molecule has 66 valence electrons. The third-order valence-electron chi connectivity index (χ3n) is 1.29. The van der Waals surface area contributed by atoms with Crippen LogP contribution in [0, 0.1) is 0 Å². The summed E-state index contributed by atoms with van der Waals surface area (Å²) >= 11 is 4.73. The monoisotopic (exact) mass is 248 g/mol. The van der Waals surface area contributed by atoms with Crippen molar-refractivity contribution in [3.05, 3.63) is 20.8 Å². The standard InChI is InChI=1S/C8H9BrO2S/c1-2-11-5-6(10)7-3-4-8(9)12-7/h3-4H,2,5H2,1H3. The molecule has 0 radical (unpaired) electrons. The molecule has 0 spiro atoms. The minimum absolute atomic E-state index is 0.0487. The Hall–Kier alpha value is -0.190. The largest absolute Gasteiger partial charge is 0.374 e.